The van der Waals surface area contributed by atoms with Crippen LogP contribution in [-0.2, 0) is 0 Å². The zero-order chi connectivity index (χ0) is 16.4. The molecule has 7 heteroatoms. The fourth-order valence-corrected chi connectivity index (χ4v) is 2.18. The highest BCUT2D eigenvalue weighted by Gasteiger charge is 2.19. The first kappa shape index (κ1) is 14.8. The van der Waals surface area contributed by atoms with Gasteiger partial charge < -0.3 is 14.2 Å². The minimum atomic E-state index is -0.542. The van der Waals surface area contributed by atoms with Gasteiger partial charge in [0.1, 0.15) is 0 Å². The first-order valence-corrected chi connectivity index (χ1v) is 6.85. The molecule has 118 valence electrons. The largest absolute Gasteiger partial charge is 0.478 e. The van der Waals surface area contributed by atoms with Gasteiger partial charge in [-0.25, -0.2) is 0 Å². The van der Waals surface area contributed by atoms with Crippen LogP contribution < -0.4 is 14.2 Å². The Hall–Kier alpha value is -3.09. The van der Waals surface area contributed by atoms with Crippen molar-refractivity contribution >= 4 is 11.5 Å². The summed E-state index contributed by atoms with van der Waals surface area (Å²) in [6, 6.07) is 9.32. The molecule has 0 fully saturated rings. The molecule has 0 saturated carbocycles. The van der Waals surface area contributed by atoms with Crippen LogP contribution in [0, 0.1) is 17.0 Å². The van der Waals surface area contributed by atoms with E-state index in [-0.39, 0.29) is 30.6 Å². The molecule has 0 N–H and O–H groups in total. The molecule has 0 bridgehead atoms. The molecule has 1 aliphatic rings. The van der Waals surface area contributed by atoms with E-state index < -0.39 is 4.92 Å². The van der Waals surface area contributed by atoms with E-state index >= 15 is 0 Å². The molecule has 1 aliphatic heterocycles. The monoisotopic (exact) mass is 315 g/mol. The van der Waals surface area contributed by atoms with Crippen molar-refractivity contribution in [2.45, 2.75) is 6.92 Å². The third-order valence-electron chi connectivity index (χ3n) is 3.37. The van der Waals surface area contributed by atoms with Crippen LogP contribution in [0.5, 0.6) is 17.2 Å². The molecule has 23 heavy (non-hydrogen) atoms. The number of ketones is 1. The number of nitro benzene ring substituents is 1. The van der Waals surface area contributed by atoms with Crippen molar-refractivity contribution in [2.24, 2.45) is 0 Å². The number of fused-ring (bicyclic) bond motifs is 1. The molecular weight excluding hydrogens is 302 g/mol. The van der Waals surface area contributed by atoms with Gasteiger partial charge in [-0.2, -0.15) is 0 Å². The maximum atomic E-state index is 12.2. The van der Waals surface area contributed by atoms with E-state index in [1.54, 1.807) is 31.2 Å². The normalized spacial score (nSPS) is 12.0. The summed E-state index contributed by atoms with van der Waals surface area (Å²) in [6.45, 7) is 1.61. The van der Waals surface area contributed by atoms with Gasteiger partial charge in [0.05, 0.1) is 4.92 Å². The molecular formula is C16H13NO6. The lowest BCUT2D eigenvalue weighted by atomic mass is 10.1. The molecule has 0 aromatic heterocycles. The van der Waals surface area contributed by atoms with Gasteiger partial charge in [0.2, 0.25) is 6.79 Å². The lowest BCUT2D eigenvalue weighted by Crippen LogP contribution is -2.12. The maximum absolute atomic E-state index is 12.2. The fourth-order valence-electron chi connectivity index (χ4n) is 2.18. The lowest BCUT2D eigenvalue weighted by molar-refractivity contribution is -0.385. The van der Waals surface area contributed by atoms with Crippen molar-refractivity contribution in [3.63, 3.8) is 0 Å². The van der Waals surface area contributed by atoms with Crippen molar-refractivity contribution in [3.8, 4) is 17.2 Å². The average molecular weight is 315 g/mol. The Labute approximate surface area is 131 Å². The summed E-state index contributed by atoms with van der Waals surface area (Å²) >= 11 is 0. The van der Waals surface area contributed by atoms with Crippen LogP contribution in [0.4, 0.5) is 5.69 Å². The summed E-state index contributed by atoms with van der Waals surface area (Å²) < 4.78 is 15.7. The number of carbonyl (C=O) groups excluding carboxylic acids is 1. The first-order valence-electron chi connectivity index (χ1n) is 6.85. The highest BCUT2D eigenvalue weighted by atomic mass is 16.7. The molecule has 2 aromatic rings. The Balaban J connectivity index is 1.74. The van der Waals surface area contributed by atoms with Crippen molar-refractivity contribution in [1.82, 2.24) is 0 Å². The summed E-state index contributed by atoms with van der Waals surface area (Å²) in [6.07, 6.45) is 0. The van der Waals surface area contributed by atoms with E-state index in [1.807, 2.05) is 0 Å². The third-order valence-corrected chi connectivity index (χ3v) is 3.37. The molecule has 0 spiro atoms. The number of rotatable bonds is 5. The molecule has 1 heterocycles. The number of carbonyl (C=O) groups is 1. The van der Waals surface area contributed by atoms with Gasteiger partial charge in [-0.05, 0) is 36.8 Å². The summed E-state index contributed by atoms with van der Waals surface area (Å²) in [4.78, 5) is 22.6. The highest BCUT2D eigenvalue weighted by molar-refractivity contribution is 5.98. The van der Waals surface area contributed by atoms with Crippen LogP contribution in [0.3, 0.4) is 0 Å². The van der Waals surface area contributed by atoms with Gasteiger partial charge in [-0.3, -0.25) is 14.9 Å². The molecule has 0 unspecified atom stereocenters. The summed E-state index contributed by atoms with van der Waals surface area (Å²) in [5, 5.41) is 11.0. The standard InChI is InChI=1S/C16H13NO6/c1-10-2-4-12(17(19)20)15(6-10)21-8-13(18)11-3-5-14-16(7-11)23-9-22-14/h2-7H,8-9H2,1H3. The van der Waals surface area contributed by atoms with Crippen molar-refractivity contribution in [1.29, 1.82) is 0 Å². The Morgan fingerprint density at radius 2 is 2.00 bits per heavy atom. The number of hydrogen-bond donors (Lipinski definition) is 0. The van der Waals surface area contributed by atoms with Crippen LogP contribution in [-0.4, -0.2) is 24.1 Å². The fraction of sp³-hybridized carbons (Fsp3) is 0.188. The van der Waals surface area contributed by atoms with E-state index in [2.05, 4.69) is 0 Å². The maximum Gasteiger partial charge on any atom is 0.310 e. The van der Waals surface area contributed by atoms with Crippen molar-refractivity contribution < 1.29 is 23.9 Å². The van der Waals surface area contributed by atoms with E-state index in [1.165, 1.54) is 12.1 Å². The number of hydrogen-bond acceptors (Lipinski definition) is 6. The smallest absolute Gasteiger partial charge is 0.310 e. The number of Topliss-reactive ketones (excluding diaryl/α,β-unsaturated/α-hetero) is 1. The number of aryl methyl sites for hydroxylation is 1. The minimum Gasteiger partial charge on any atom is -0.478 e. The van der Waals surface area contributed by atoms with E-state index in [9.17, 15) is 14.9 Å². The molecule has 0 amide bonds. The molecule has 0 atom stereocenters. The van der Waals surface area contributed by atoms with Crippen LogP contribution in [0.2, 0.25) is 0 Å². The first-order chi connectivity index (χ1) is 11.0. The topological polar surface area (TPSA) is 87.9 Å². The Morgan fingerprint density at radius 1 is 1.22 bits per heavy atom. The molecule has 7 nitrogen and oxygen atoms in total. The Bertz CT molecular complexity index is 786. The molecule has 3 rings (SSSR count). The van der Waals surface area contributed by atoms with Crippen LogP contribution in [0.1, 0.15) is 15.9 Å². The van der Waals surface area contributed by atoms with E-state index in [0.717, 1.165) is 5.56 Å². The van der Waals surface area contributed by atoms with Crippen molar-refractivity contribution in [3.05, 3.63) is 57.6 Å². The number of ether oxygens (including phenoxy) is 3. The van der Waals surface area contributed by atoms with Gasteiger partial charge in [0, 0.05) is 11.6 Å². The second-order valence-corrected chi connectivity index (χ2v) is 5.01. The zero-order valence-electron chi connectivity index (χ0n) is 12.3. The van der Waals surface area contributed by atoms with Crippen LogP contribution in [0.25, 0.3) is 0 Å². The summed E-state index contributed by atoms with van der Waals surface area (Å²) in [5.41, 5.74) is 1.03. The molecule has 0 saturated heterocycles. The highest BCUT2D eigenvalue weighted by Crippen LogP contribution is 2.33. The summed E-state index contributed by atoms with van der Waals surface area (Å²) in [5.74, 6) is 0.845. The number of nitrogens with zero attached hydrogens (tertiary/aromatic N) is 1. The number of benzene rings is 2. The number of nitro groups is 1. The molecule has 2 aromatic carbocycles. The molecule has 0 aliphatic carbocycles. The van der Waals surface area contributed by atoms with E-state index in [4.69, 9.17) is 14.2 Å². The Morgan fingerprint density at radius 3 is 2.78 bits per heavy atom. The average Bonchev–Trinajstić information content (AvgIpc) is 2.99. The van der Waals surface area contributed by atoms with Gasteiger partial charge in [0.15, 0.2) is 29.6 Å². The second kappa shape index (κ2) is 5.96. The van der Waals surface area contributed by atoms with Crippen LogP contribution >= 0.6 is 0 Å². The SMILES string of the molecule is Cc1ccc([N+](=O)[O-])c(OCC(=O)c2ccc3c(c2)OCO3)c1. The Kier molecular flexibility index (Phi) is 3.84. The van der Waals surface area contributed by atoms with Gasteiger partial charge >= 0.3 is 5.69 Å². The predicted octanol–water partition coefficient (Wildman–Crippen LogP) is 2.89. The van der Waals surface area contributed by atoms with Gasteiger partial charge in [-0.1, -0.05) is 6.07 Å². The lowest BCUT2D eigenvalue weighted by Gasteiger charge is -2.07. The predicted molar refractivity (Wildman–Crippen MR) is 80.2 cm³/mol. The minimum absolute atomic E-state index is 0.0732. The molecule has 0 radical (unpaired) electrons. The van der Waals surface area contributed by atoms with E-state index in [0.29, 0.717) is 17.1 Å². The zero-order valence-corrected chi connectivity index (χ0v) is 12.3. The summed E-state index contributed by atoms with van der Waals surface area (Å²) in [7, 11) is 0. The van der Waals surface area contributed by atoms with Gasteiger partial charge in [0.25, 0.3) is 0 Å². The quantitative estimate of drug-likeness (QED) is 0.479. The van der Waals surface area contributed by atoms with Crippen molar-refractivity contribution in [2.75, 3.05) is 13.4 Å². The van der Waals surface area contributed by atoms with Crippen LogP contribution in [0.15, 0.2) is 36.4 Å². The third kappa shape index (κ3) is 3.08. The second-order valence-electron chi connectivity index (χ2n) is 5.01. The van der Waals surface area contributed by atoms with Gasteiger partial charge in [-0.15, -0.1) is 0 Å².